The maximum absolute atomic E-state index is 12.5. The Morgan fingerprint density at radius 2 is 1.83 bits per heavy atom. The highest BCUT2D eigenvalue weighted by atomic mass is 16.5. The number of ether oxygens (including phenoxy) is 2. The van der Waals surface area contributed by atoms with E-state index in [2.05, 4.69) is 5.32 Å². The third-order valence-corrected chi connectivity index (χ3v) is 4.29. The molecule has 0 saturated carbocycles. The summed E-state index contributed by atoms with van der Waals surface area (Å²) in [5, 5.41) is 3.45. The summed E-state index contributed by atoms with van der Waals surface area (Å²) < 4.78 is 10.8. The molecule has 4 heteroatoms. The van der Waals surface area contributed by atoms with Crippen LogP contribution in [0, 0.1) is 0 Å². The van der Waals surface area contributed by atoms with Gasteiger partial charge in [-0.25, -0.2) is 0 Å². The summed E-state index contributed by atoms with van der Waals surface area (Å²) in [6.45, 7) is 0.856. The Morgan fingerprint density at radius 1 is 1.13 bits per heavy atom. The first kappa shape index (κ1) is 15.6. The van der Waals surface area contributed by atoms with Crippen molar-refractivity contribution in [3.05, 3.63) is 59.2 Å². The Morgan fingerprint density at radius 3 is 2.52 bits per heavy atom. The van der Waals surface area contributed by atoms with Gasteiger partial charge in [0.1, 0.15) is 0 Å². The van der Waals surface area contributed by atoms with Gasteiger partial charge >= 0.3 is 0 Å². The minimum atomic E-state index is 0.00580. The highest BCUT2D eigenvalue weighted by molar-refractivity contribution is 5.96. The lowest BCUT2D eigenvalue weighted by Crippen LogP contribution is -2.31. The number of fused-ring (bicyclic) bond motifs is 1. The number of carbonyl (C=O) groups excluding carboxylic acids is 1. The van der Waals surface area contributed by atoms with Gasteiger partial charge in [-0.1, -0.05) is 30.3 Å². The largest absolute Gasteiger partial charge is 0.493 e. The maximum atomic E-state index is 12.5. The molecule has 0 amide bonds. The molecule has 4 nitrogen and oxygen atoms in total. The SMILES string of the molecule is COc1cc2c(cc1OC)[C@H](CC(=O)c1ccccc1)NCC2. The fraction of sp³-hybridized carbons (Fsp3) is 0.316. The molecule has 0 bridgehead atoms. The number of ketones is 1. The zero-order valence-electron chi connectivity index (χ0n) is 13.5. The zero-order chi connectivity index (χ0) is 16.2. The van der Waals surface area contributed by atoms with Crippen LogP contribution in [0.3, 0.4) is 0 Å². The Kier molecular flexibility index (Phi) is 4.63. The lowest BCUT2D eigenvalue weighted by atomic mass is 9.89. The maximum Gasteiger partial charge on any atom is 0.164 e. The smallest absolute Gasteiger partial charge is 0.164 e. The van der Waals surface area contributed by atoms with Crippen molar-refractivity contribution in [3.8, 4) is 11.5 Å². The van der Waals surface area contributed by atoms with Crippen LogP contribution in [0.2, 0.25) is 0 Å². The molecule has 1 N–H and O–H groups in total. The molecule has 0 aliphatic carbocycles. The molecule has 1 heterocycles. The predicted octanol–water partition coefficient (Wildman–Crippen LogP) is 3.16. The van der Waals surface area contributed by atoms with Crippen molar-refractivity contribution in [1.29, 1.82) is 0 Å². The molecule has 0 fully saturated rings. The van der Waals surface area contributed by atoms with Crippen molar-refractivity contribution < 1.29 is 14.3 Å². The molecule has 2 aromatic rings. The number of hydrogen-bond donors (Lipinski definition) is 1. The summed E-state index contributed by atoms with van der Waals surface area (Å²) in [7, 11) is 3.27. The van der Waals surface area contributed by atoms with E-state index in [9.17, 15) is 4.79 Å². The summed E-state index contributed by atoms with van der Waals surface area (Å²) in [5.41, 5.74) is 3.09. The van der Waals surface area contributed by atoms with Gasteiger partial charge in [0.2, 0.25) is 0 Å². The van der Waals surface area contributed by atoms with Gasteiger partial charge in [0.25, 0.3) is 0 Å². The predicted molar refractivity (Wildman–Crippen MR) is 89.4 cm³/mol. The zero-order valence-corrected chi connectivity index (χ0v) is 13.5. The van der Waals surface area contributed by atoms with E-state index in [0.29, 0.717) is 12.2 Å². The molecule has 1 aliphatic rings. The monoisotopic (exact) mass is 311 g/mol. The minimum absolute atomic E-state index is 0.00580. The van der Waals surface area contributed by atoms with Crippen LogP contribution in [0.5, 0.6) is 11.5 Å². The van der Waals surface area contributed by atoms with E-state index in [1.54, 1.807) is 14.2 Å². The van der Waals surface area contributed by atoms with E-state index in [0.717, 1.165) is 29.8 Å². The molecule has 0 spiro atoms. The average molecular weight is 311 g/mol. The molecule has 1 aliphatic heterocycles. The van der Waals surface area contributed by atoms with Crippen LogP contribution in [-0.2, 0) is 6.42 Å². The first-order valence-corrected chi connectivity index (χ1v) is 7.79. The van der Waals surface area contributed by atoms with E-state index in [1.807, 2.05) is 42.5 Å². The van der Waals surface area contributed by atoms with Crippen LogP contribution in [0.1, 0.15) is 33.9 Å². The fourth-order valence-corrected chi connectivity index (χ4v) is 3.08. The van der Waals surface area contributed by atoms with E-state index in [1.165, 1.54) is 5.56 Å². The van der Waals surface area contributed by atoms with Gasteiger partial charge in [0.05, 0.1) is 14.2 Å². The van der Waals surface area contributed by atoms with Gasteiger partial charge < -0.3 is 14.8 Å². The number of carbonyl (C=O) groups is 1. The lowest BCUT2D eigenvalue weighted by molar-refractivity contribution is 0.0967. The Hall–Kier alpha value is -2.33. The topological polar surface area (TPSA) is 47.6 Å². The molecule has 120 valence electrons. The van der Waals surface area contributed by atoms with Crippen LogP contribution < -0.4 is 14.8 Å². The second-order valence-electron chi connectivity index (χ2n) is 5.66. The van der Waals surface area contributed by atoms with Gasteiger partial charge in [-0.05, 0) is 36.2 Å². The number of benzene rings is 2. The van der Waals surface area contributed by atoms with Crippen molar-refractivity contribution in [2.75, 3.05) is 20.8 Å². The number of methoxy groups -OCH3 is 2. The molecular weight excluding hydrogens is 290 g/mol. The van der Waals surface area contributed by atoms with Gasteiger partial charge in [-0.15, -0.1) is 0 Å². The summed E-state index contributed by atoms with van der Waals surface area (Å²) in [4.78, 5) is 12.5. The first-order valence-electron chi connectivity index (χ1n) is 7.79. The van der Waals surface area contributed by atoms with Crippen LogP contribution in [0.25, 0.3) is 0 Å². The molecule has 3 rings (SSSR count). The van der Waals surface area contributed by atoms with Crippen LogP contribution in [0.15, 0.2) is 42.5 Å². The van der Waals surface area contributed by atoms with Crippen LogP contribution in [-0.4, -0.2) is 26.5 Å². The number of Topliss-reactive ketones (excluding diaryl/α,β-unsaturated/α-hetero) is 1. The van der Waals surface area contributed by atoms with E-state index >= 15 is 0 Å². The number of nitrogens with one attached hydrogen (secondary N) is 1. The third-order valence-electron chi connectivity index (χ3n) is 4.29. The standard InChI is InChI=1S/C19H21NO3/c1-22-18-10-14-8-9-20-16(15(14)11-19(18)23-2)12-17(21)13-6-4-3-5-7-13/h3-7,10-11,16,20H,8-9,12H2,1-2H3/t16-/m0/s1. The molecule has 2 aromatic carbocycles. The van der Waals surface area contributed by atoms with E-state index in [-0.39, 0.29) is 11.8 Å². The lowest BCUT2D eigenvalue weighted by Gasteiger charge is -2.27. The number of rotatable bonds is 5. The third kappa shape index (κ3) is 3.22. The Bertz CT molecular complexity index is 697. The van der Waals surface area contributed by atoms with Crippen molar-refractivity contribution in [2.45, 2.75) is 18.9 Å². The second kappa shape index (κ2) is 6.84. The first-order chi connectivity index (χ1) is 11.2. The average Bonchev–Trinajstić information content (AvgIpc) is 2.61. The molecule has 0 aromatic heterocycles. The molecule has 23 heavy (non-hydrogen) atoms. The molecule has 1 atom stereocenters. The normalized spacial score (nSPS) is 16.5. The molecular formula is C19H21NO3. The summed E-state index contributed by atoms with van der Waals surface area (Å²) in [6, 6.07) is 13.4. The summed E-state index contributed by atoms with van der Waals surface area (Å²) >= 11 is 0. The van der Waals surface area contributed by atoms with Gasteiger partial charge in [0.15, 0.2) is 17.3 Å². The summed E-state index contributed by atoms with van der Waals surface area (Å²) in [5.74, 6) is 1.58. The van der Waals surface area contributed by atoms with Crippen LogP contribution in [0.4, 0.5) is 0 Å². The van der Waals surface area contributed by atoms with Gasteiger partial charge in [-0.3, -0.25) is 4.79 Å². The molecule has 0 unspecified atom stereocenters. The van der Waals surface area contributed by atoms with Crippen molar-refractivity contribution in [1.82, 2.24) is 5.32 Å². The van der Waals surface area contributed by atoms with Crippen LogP contribution >= 0.6 is 0 Å². The van der Waals surface area contributed by atoms with E-state index in [4.69, 9.17) is 9.47 Å². The summed E-state index contributed by atoms with van der Waals surface area (Å²) in [6.07, 6.45) is 1.36. The van der Waals surface area contributed by atoms with Gasteiger partial charge in [0, 0.05) is 18.0 Å². The van der Waals surface area contributed by atoms with E-state index < -0.39 is 0 Å². The molecule has 0 radical (unpaired) electrons. The second-order valence-corrected chi connectivity index (χ2v) is 5.66. The minimum Gasteiger partial charge on any atom is -0.493 e. The number of hydrogen-bond acceptors (Lipinski definition) is 4. The van der Waals surface area contributed by atoms with Crippen molar-refractivity contribution in [2.24, 2.45) is 0 Å². The quantitative estimate of drug-likeness (QED) is 0.862. The van der Waals surface area contributed by atoms with Crippen molar-refractivity contribution in [3.63, 3.8) is 0 Å². The highest BCUT2D eigenvalue weighted by Gasteiger charge is 2.24. The van der Waals surface area contributed by atoms with Gasteiger partial charge in [-0.2, -0.15) is 0 Å². The Labute approximate surface area is 136 Å². The highest BCUT2D eigenvalue weighted by Crippen LogP contribution is 2.36. The Balaban J connectivity index is 1.88. The fourth-order valence-electron chi connectivity index (χ4n) is 3.08. The molecule has 0 saturated heterocycles. The van der Waals surface area contributed by atoms with Crippen molar-refractivity contribution >= 4 is 5.78 Å².